The summed E-state index contributed by atoms with van der Waals surface area (Å²) >= 11 is 6.23. The highest BCUT2D eigenvalue weighted by Gasteiger charge is 2.53. The first-order chi connectivity index (χ1) is 12.6. The molecule has 1 saturated carbocycles. The largest absolute Gasteiger partial charge is 0.341 e. The van der Waals surface area contributed by atoms with Crippen molar-refractivity contribution in [3.8, 4) is 0 Å². The highest BCUT2D eigenvalue weighted by molar-refractivity contribution is 6.31. The number of aromatic nitrogens is 3. The van der Waals surface area contributed by atoms with E-state index in [2.05, 4.69) is 17.1 Å². The van der Waals surface area contributed by atoms with E-state index in [1.165, 1.54) is 6.42 Å². The summed E-state index contributed by atoms with van der Waals surface area (Å²) in [5.74, 6) is 2.24. The van der Waals surface area contributed by atoms with Gasteiger partial charge in [-0.15, -0.1) is 0 Å². The predicted molar refractivity (Wildman–Crippen MR) is 101 cm³/mol. The van der Waals surface area contributed by atoms with Crippen LogP contribution in [0.25, 0.3) is 0 Å². The number of likely N-dealkylation sites (tertiary alicyclic amines) is 1. The van der Waals surface area contributed by atoms with E-state index in [1.807, 2.05) is 29.2 Å². The van der Waals surface area contributed by atoms with Crippen molar-refractivity contribution in [1.29, 1.82) is 0 Å². The molecule has 0 radical (unpaired) electrons. The van der Waals surface area contributed by atoms with Gasteiger partial charge in [0.05, 0.1) is 6.42 Å². The lowest BCUT2D eigenvalue weighted by Crippen LogP contribution is -2.38. The Labute approximate surface area is 159 Å². The van der Waals surface area contributed by atoms with E-state index in [4.69, 9.17) is 16.6 Å². The average molecular weight is 373 g/mol. The van der Waals surface area contributed by atoms with Crippen LogP contribution in [0.4, 0.5) is 0 Å². The fraction of sp³-hybridized carbons (Fsp3) is 0.550. The molecule has 1 aliphatic carbocycles. The van der Waals surface area contributed by atoms with Crippen molar-refractivity contribution in [1.82, 2.24) is 20.1 Å². The minimum Gasteiger partial charge on any atom is -0.341 e. The number of carbonyl (C=O) groups excluding carboxylic acids is 1. The highest BCUT2D eigenvalue weighted by atomic mass is 35.5. The van der Waals surface area contributed by atoms with Gasteiger partial charge in [-0.05, 0) is 36.3 Å². The number of carbonyl (C=O) groups is 1. The van der Waals surface area contributed by atoms with Crippen molar-refractivity contribution in [2.24, 2.45) is 5.41 Å². The van der Waals surface area contributed by atoms with E-state index in [0.29, 0.717) is 18.0 Å². The molecule has 6 heteroatoms. The number of halogens is 1. The van der Waals surface area contributed by atoms with Gasteiger partial charge in [0.1, 0.15) is 5.82 Å². The monoisotopic (exact) mass is 372 g/mol. The second-order valence-corrected chi connectivity index (χ2v) is 8.11. The van der Waals surface area contributed by atoms with Crippen molar-refractivity contribution in [3.05, 3.63) is 46.5 Å². The van der Waals surface area contributed by atoms with Crippen molar-refractivity contribution in [2.75, 3.05) is 13.1 Å². The van der Waals surface area contributed by atoms with Crippen molar-refractivity contribution >= 4 is 17.5 Å². The maximum absolute atomic E-state index is 12.9. The number of benzene rings is 1. The van der Waals surface area contributed by atoms with Gasteiger partial charge < -0.3 is 4.90 Å². The van der Waals surface area contributed by atoms with Gasteiger partial charge >= 0.3 is 0 Å². The number of nitrogens with zero attached hydrogens (tertiary/aromatic N) is 3. The number of amides is 1. The molecule has 1 spiro atoms. The SMILES string of the molecule is CCCc1nc(C2CN(C(=O)Cc3ccccc3Cl)CC23CCC3)n[nH]1. The zero-order valence-corrected chi connectivity index (χ0v) is 15.9. The first-order valence-electron chi connectivity index (χ1n) is 9.53. The molecule has 1 aliphatic heterocycles. The summed E-state index contributed by atoms with van der Waals surface area (Å²) in [6.45, 7) is 3.67. The maximum atomic E-state index is 12.9. The number of aromatic amines is 1. The van der Waals surface area contributed by atoms with Crippen LogP contribution in [-0.4, -0.2) is 39.1 Å². The fourth-order valence-electron chi connectivity index (χ4n) is 4.38. The zero-order chi connectivity index (χ0) is 18.1. The van der Waals surface area contributed by atoms with E-state index in [1.54, 1.807) is 0 Å². The minimum absolute atomic E-state index is 0.149. The first-order valence-corrected chi connectivity index (χ1v) is 9.91. The standard InChI is InChI=1S/C20H25ClN4O/c1-2-6-17-22-19(24-23-17)15-12-25(13-20(15)9-5-10-20)18(26)11-14-7-3-4-8-16(14)21/h3-4,7-8,15H,2,5-6,9-13H2,1H3,(H,22,23,24). The summed E-state index contributed by atoms with van der Waals surface area (Å²) in [7, 11) is 0. The van der Waals surface area contributed by atoms with Crippen LogP contribution in [0.1, 0.15) is 55.7 Å². The lowest BCUT2D eigenvalue weighted by molar-refractivity contribution is -0.130. The number of nitrogens with one attached hydrogen (secondary N) is 1. The average Bonchev–Trinajstić information content (AvgIpc) is 3.21. The first kappa shape index (κ1) is 17.5. The van der Waals surface area contributed by atoms with Crippen LogP contribution >= 0.6 is 11.6 Å². The molecule has 1 aromatic heterocycles. The number of H-pyrrole nitrogens is 1. The van der Waals surface area contributed by atoms with Crippen LogP contribution in [0.5, 0.6) is 0 Å². The van der Waals surface area contributed by atoms with Gasteiger partial charge in [-0.2, -0.15) is 5.10 Å². The van der Waals surface area contributed by atoms with E-state index >= 15 is 0 Å². The Morgan fingerprint density at radius 1 is 1.38 bits per heavy atom. The van der Waals surface area contributed by atoms with Crippen LogP contribution in [0.2, 0.25) is 5.02 Å². The van der Waals surface area contributed by atoms with Gasteiger partial charge in [-0.3, -0.25) is 9.89 Å². The Kier molecular flexibility index (Phi) is 4.74. The maximum Gasteiger partial charge on any atom is 0.227 e. The van der Waals surface area contributed by atoms with Gasteiger partial charge in [0.2, 0.25) is 5.91 Å². The zero-order valence-electron chi connectivity index (χ0n) is 15.2. The van der Waals surface area contributed by atoms with Gasteiger partial charge in [0.25, 0.3) is 0 Å². The summed E-state index contributed by atoms with van der Waals surface area (Å²) in [5, 5.41) is 8.23. The van der Waals surface area contributed by atoms with Crippen molar-refractivity contribution < 1.29 is 4.79 Å². The number of aryl methyl sites for hydroxylation is 1. The second-order valence-electron chi connectivity index (χ2n) is 7.70. The lowest BCUT2D eigenvalue weighted by Gasteiger charge is -2.41. The third kappa shape index (κ3) is 3.13. The van der Waals surface area contributed by atoms with Gasteiger partial charge in [0, 0.05) is 30.5 Å². The molecule has 1 saturated heterocycles. The molecular formula is C20H25ClN4O. The summed E-state index contributed by atoms with van der Waals surface area (Å²) in [6.07, 6.45) is 5.87. The molecule has 2 fully saturated rings. The molecule has 1 N–H and O–H groups in total. The predicted octanol–water partition coefficient (Wildman–Crippen LogP) is 3.75. The summed E-state index contributed by atoms with van der Waals surface area (Å²) in [5.41, 5.74) is 1.07. The second kappa shape index (κ2) is 7.03. The van der Waals surface area contributed by atoms with E-state index in [0.717, 1.165) is 49.4 Å². The molecule has 138 valence electrons. The Bertz CT molecular complexity index is 799. The number of hydrogen-bond acceptors (Lipinski definition) is 3. The van der Waals surface area contributed by atoms with Gasteiger partial charge in [0.15, 0.2) is 5.82 Å². The van der Waals surface area contributed by atoms with Gasteiger partial charge in [-0.25, -0.2) is 4.98 Å². The molecule has 2 heterocycles. The molecule has 26 heavy (non-hydrogen) atoms. The molecule has 4 rings (SSSR count). The van der Waals surface area contributed by atoms with Crippen molar-refractivity contribution in [2.45, 2.75) is 51.4 Å². The van der Waals surface area contributed by atoms with E-state index in [9.17, 15) is 4.79 Å². The Balaban J connectivity index is 1.51. The smallest absolute Gasteiger partial charge is 0.227 e. The summed E-state index contributed by atoms with van der Waals surface area (Å²) in [6, 6.07) is 7.59. The topological polar surface area (TPSA) is 61.9 Å². The molecule has 1 atom stereocenters. The number of hydrogen-bond donors (Lipinski definition) is 1. The summed E-state index contributed by atoms with van der Waals surface area (Å²) < 4.78 is 0. The lowest BCUT2D eigenvalue weighted by atomic mass is 9.62. The highest BCUT2D eigenvalue weighted by Crippen LogP contribution is 2.55. The molecule has 0 bridgehead atoms. The molecular weight excluding hydrogens is 348 g/mol. The Hall–Kier alpha value is -1.88. The Morgan fingerprint density at radius 3 is 2.88 bits per heavy atom. The molecule has 2 aromatic rings. The van der Waals surface area contributed by atoms with E-state index < -0.39 is 0 Å². The van der Waals surface area contributed by atoms with Crippen LogP contribution in [0.3, 0.4) is 0 Å². The molecule has 1 amide bonds. The minimum atomic E-state index is 0.149. The third-order valence-corrected chi connectivity index (χ3v) is 6.37. The fourth-order valence-corrected chi connectivity index (χ4v) is 4.59. The van der Waals surface area contributed by atoms with Crippen LogP contribution in [0, 0.1) is 5.41 Å². The summed E-state index contributed by atoms with van der Waals surface area (Å²) in [4.78, 5) is 19.6. The van der Waals surface area contributed by atoms with Gasteiger partial charge in [-0.1, -0.05) is 43.1 Å². The van der Waals surface area contributed by atoms with E-state index in [-0.39, 0.29) is 17.2 Å². The normalized spacial score (nSPS) is 21.2. The number of rotatable bonds is 5. The van der Waals surface area contributed by atoms with Crippen molar-refractivity contribution in [3.63, 3.8) is 0 Å². The van der Waals surface area contributed by atoms with Crippen LogP contribution < -0.4 is 0 Å². The molecule has 1 aromatic carbocycles. The van der Waals surface area contributed by atoms with Crippen LogP contribution in [-0.2, 0) is 17.6 Å². The third-order valence-electron chi connectivity index (χ3n) is 6.00. The molecule has 5 nitrogen and oxygen atoms in total. The Morgan fingerprint density at radius 2 is 2.19 bits per heavy atom. The quantitative estimate of drug-likeness (QED) is 0.869. The molecule has 1 unspecified atom stereocenters. The van der Waals surface area contributed by atoms with Crippen LogP contribution in [0.15, 0.2) is 24.3 Å². The molecule has 2 aliphatic rings.